The molecular weight excluding hydrogens is 445 g/mol. The topological polar surface area (TPSA) is 49.4 Å². The number of carbonyl (C=O) groups is 2. The van der Waals surface area contributed by atoms with Crippen LogP contribution in [0.4, 0.5) is 13.2 Å². The van der Waals surface area contributed by atoms with Gasteiger partial charge in [0.05, 0.1) is 11.5 Å². The fraction of sp³-hybridized carbons (Fsp3) is 0.556. The van der Waals surface area contributed by atoms with E-state index in [1.807, 2.05) is 6.26 Å². The fourth-order valence-corrected chi connectivity index (χ4v) is 3.98. The summed E-state index contributed by atoms with van der Waals surface area (Å²) in [6.45, 7) is -0.0604. The van der Waals surface area contributed by atoms with Crippen LogP contribution in [0.25, 0.3) is 0 Å². The minimum Gasteiger partial charge on any atom is -0.340 e. The summed E-state index contributed by atoms with van der Waals surface area (Å²) in [6.07, 6.45) is -1.73. The SMILES string of the molecule is CSCC[C@H](NC(=O)c1ccccc1Br)C(=O)N1CCC[C@H](C(F)(F)F)C1. The number of nitrogens with one attached hydrogen (secondary N) is 1. The molecule has 2 rings (SSSR count). The summed E-state index contributed by atoms with van der Waals surface area (Å²) in [7, 11) is 0. The maximum Gasteiger partial charge on any atom is 0.393 e. The molecule has 0 spiro atoms. The van der Waals surface area contributed by atoms with E-state index in [9.17, 15) is 22.8 Å². The zero-order valence-electron chi connectivity index (χ0n) is 14.9. The average Bonchev–Trinajstić information content (AvgIpc) is 2.64. The maximum atomic E-state index is 13.0. The lowest BCUT2D eigenvalue weighted by Gasteiger charge is -2.35. The van der Waals surface area contributed by atoms with E-state index in [0.717, 1.165) is 0 Å². The zero-order chi connectivity index (χ0) is 20.0. The first-order valence-corrected chi connectivity index (χ1v) is 10.8. The van der Waals surface area contributed by atoms with Crippen molar-refractivity contribution in [3.05, 3.63) is 34.3 Å². The van der Waals surface area contributed by atoms with E-state index in [2.05, 4.69) is 21.2 Å². The molecule has 2 amide bonds. The van der Waals surface area contributed by atoms with Gasteiger partial charge in [-0.2, -0.15) is 24.9 Å². The van der Waals surface area contributed by atoms with E-state index < -0.39 is 30.0 Å². The molecule has 1 aliphatic heterocycles. The van der Waals surface area contributed by atoms with Gasteiger partial charge >= 0.3 is 6.18 Å². The second-order valence-corrected chi connectivity index (χ2v) is 8.29. The molecule has 0 bridgehead atoms. The number of hydrogen-bond acceptors (Lipinski definition) is 3. The van der Waals surface area contributed by atoms with Gasteiger partial charge in [-0.25, -0.2) is 0 Å². The summed E-state index contributed by atoms with van der Waals surface area (Å²) in [6, 6.07) is 5.96. The Morgan fingerprint density at radius 1 is 1.37 bits per heavy atom. The number of amides is 2. The number of alkyl halides is 3. The highest BCUT2D eigenvalue weighted by Gasteiger charge is 2.43. The van der Waals surface area contributed by atoms with E-state index in [0.29, 0.717) is 28.6 Å². The molecule has 1 aromatic rings. The number of piperidine rings is 1. The second-order valence-electron chi connectivity index (χ2n) is 6.45. The number of rotatable bonds is 6. The number of benzene rings is 1. The summed E-state index contributed by atoms with van der Waals surface area (Å²) in [5.74, 6) is -1.76. The minimum absolute atomic E-state index is 0.0338. The third kappa shape index (κ3) is 6.14. The first kappa shape index (κ1) is 22.1. The van der Waals surface area contributed by atoms with Crippen molar-refractivity contribution in [3.63, 3.8) is 0 Å². The van der Waals surface area contributed by atoms with E-state index >= 15 is 0 Å². The van der Waals surface area contributed by atoms with Gasteiger partial charge in [0.2, 0.25) is 5.91 Å². The maximum absolute atomic E-state index is 13.0. The summed E-state index contributed by atoms with van der Waals surface area (Å²) >= 11 is 4.81. The molecule has 0 unspecified atom stereocenters. The van der Waals surface area contributed by atoms with Crippen LogP contribution >= 0.6 is 27.7 Å². The number of halogens is 4. The van der Waals surface area contributed by atoms with Crippen molar-refractivity contribution in [1.82, 2.24) is 10.2 Å². The molecule has 1 heterocycles. The lowest BCUT2D eigenvalue weighted by Crippen LogP contribution is -2.53. The molecule has 0 aromatic heterocycles. The van der Waals surface area contributed by atoms with Crippen molar-refractivity contribution in [2.24, 2.45) is 5.92 Å². The van der Waals surface area contributed by atoms with Crippen LogP contribution in [0.15, 0.2) is 28.7 Å². The van der Waals surface area contributed by atoms with Crippen molar-refractivity contribution in [2.75, 3.05) is 25.1 Å². The Balaban J connectivity index is 2.11. The molecule has 0 radical (unpaired) electrons. The molecular formula is C18H22BrF3N2O2S. The normalized spacial score (nSPS) is 18.9. The van der Waals surface area contributed by atoms with E-state index in [1.165, 1.54) is 16.7 Å². The lowest BCUT2D eigenvalue weighted by molar-refractivity contribution is -0.188. The van der Waals surface area contributed by atoms with Gasteiger partial charge in [0.25, 0.3) is 5.91 Å². The highest BCUT2D eigenvalue weighted by molar-refractivity contribution is 9.10. The molecule has 2 atom stereocenters. The molecule has 1 saturated heterocycles. The fourth-order valence-electron chi connectivity index (χ4n) is 3.04. The predicted octanol–water partition coefficient (Wildman–Crippen LogP) is 4.10. The van der Waals surface area contributed by atoms with Crippen LogP contribution in [0.2, 0.25) is 0 Å². The smallest absolute Gasteiger partial charge is 0.340 e. The molecule has 1 fully saturated rings. The van der Waals surface area contributed by atoms with Crippen molar-refractivity contribution in [3.8, 4) is 0 Å². The van der Waals surface area contributed by atoms with Crippen molar-refractivity contribution >= 4 is 39.5 Å². The number of likely N-dealkylation sites (tertiary alicyclic amines) is 1. The third-order valence-corrected chi connectivity index (χ3v) is 5.86. The van der Waals surface area contributed by atoms with Crippen molar-refractivity contribution < 1.29 is 22.8 Å². The van der Waals surface area contributed by atoms with E-state index in [1.54, 1.807) is 24.3 Å². The first-order chi connectivity index (χ1) is 12.7. The molecule has 150 valence electrons. The van der Waals surface area contributed by atoms with E-state index in [4.69, 9.17) is 0 Å². The van der Waals surface area contributed by atoms with Crippen LogP contribution in [0, 0.1) is 5.92 Å². The first-order valence-electron chi connectivity index (χ1n) is 8.64. The molecule has 0 saturated carbocycles. The number of hydrogen-bond donors (Lipinski definition) is 1. The van der Waals surface area contributed by atoms with Crippen LogP contribution < -0.4 is 5.32 Å². The molecule has 0 aliphatic carbocycles. The Bertz CT molecular complexity index is 672. The highest BCUT2D eigenvalue weighted by atomic mass is 79.9. The molecule has 1 N–H and O–H groups in total. The summed E-state index contributed by atoms with van der Waals surface area (Å²) in [5, 5.41) is 2.70. The summed E-state index contributed by atoms with van der Waals surface area (Å²) in [5.41, 5.74) is 0.381. The summed E-state index contributed by atoms with van der Waals surface area (Å²) in [4.78, 5) is 26.6. The van der Waals surface area contributed by atoms with Gasteiger partial charge < -0.3 is 10.2 Å². The number of carbonyl (C=O) groups excluding carboxylic acids is 2. The highest BCUT2D eigenvalue weighted by Crippen LogP contribution is 2.33. The Labute approximate surface area is 169 Å². The van der Waals surface area contributed by atoms with Crippen LogP contribution in [0.1, 0.15) is 29.6 Å². The Morgan fingerprint density at radius 3 is 2.70 bits per heavy atom. The zero-order valence-corrected chi connectivity index (χ0v) is 17.3. The standard InChI is InChI=1S/C18H22BrF3N2O2S/c1-27-10-8-15(23-16(25)13-6-2-3-7-14(13)19)17(26)24-9-4-5-12(11-24)18(20,21)22/h2-3,6-7,12,15H,4-5,8-11H2,1H3,(H,23,25)/t12-,15-/m0/s1. The monoisotopic (exact) mass is 466 g/mol. The van der Waals surface area contributed by atoms with Gasteiger partial charge in [-0.1, -0.05) is 12.1 Å². The summed E-state index contributed by atoms with van der Waals surface area (Å²) < 4.78 is 39.7. The van der Waals surface area contributed by atoms with Gasteiger partial charge in [0, 0.05) is 17.6 Å². The van der Waals surface area contributed by atoms with Gasteiger partial charge in [0.1, 0.15) is 6.04 Å². The molecule has 9 heteroatoms. The minimum atomic E-state index is -4.31. The van der Waals surface area contributed by atoms with Gasteiger partial charge in [0.15, 0.2) is 0 Å². The molecule has 1 aliphatic rings. The van der Waals surface area contributed by atoms with Gasteiger partial charge in [-0.05, 0) is 59.3 Å². The molecule has 27 heavy (non-hydrogen) atoms. The largest absolute Gasteiger partial charge is 0.393 e. The van der Waals surface area contributed by atoms with Crippen LogP contribution in [0.5, 0.6) is 0 Å². The number of nitrogens with zero attached hydrogens (tertiary/aromatic N) is 1. The van der Waals surface area contributed by atoms with Crippen LogP contribution in [0.3, 0.4) is 0 Å². The lowest BCUT2D eigenvalue weighted by atomic mass is 9.96. The van der Waals surface area contributed by atoms with Gasteiger partial charge in [-0.3, -0.25) is 9.59 Å². The van der Waals surface area contributed by atoms with Gasteiger partial charge in [-0.15, -0.1) is 0 Å². The van der Waals surface area contributed by atoms with E-state index in [-0.39, 0.29) is 19.5 Å². The second kappa shape index (κ2) is 9.82. The quantitative estimate of drug-likeness (QED) is 0.686. The number of thioether (sulfide) groups is 1. The van der Waals surface area contributed by atoms with Crippen LogP contribution in [-0.4, -0.2) is 54.0 Å². The average molecular weight is 467 g/mol. The molecule has 4 nitrogen and oxygen atoms in total. The molecule has 1 aromatic carbocycles. The Morgan fingerprint density at radius 2 is 2.07 bits per heavy atom. The Hall–Kier alpha value is -1.22. The van der Waals surface area contributed by atoms with Crippen molar-refractivity contribution in [2.45, 2.75) is 31.5 Å². The van der Waals surface area contributed by atoms with Crippen molar-refractivity contribution in [1.29, 1.82) is 0 Å². The van der Waals surface area contributed by atoms with Crippen LogP contribution in [-0.2, 0) is 4.79 Å². The Kier molecular flexibility index (Phi) is 8.03. The third-order valence-electron chi connectivity index (χ3n) is 4.53. The predicted molar refractivity (Wildman–Crippen MR) is 104 cm³/mol.